The van der Waals surface area contributed by atoms with Crippen molar-refractivity contribution in [3.8, 4) is 23.0 Å². The third kappa shape index (κ3) is 4.54. The molecule has 0 aliphatic rings. The molecule has 2 heterocycles. The Morgan fingerprint density at radius 1 is 1.09 bits per heavy atom. The fraction of sp³-hybridized carbons (Fsp3) is 0.261. The minimum atomic E-state index is -1.69. The van der Waals surface area contributed by atoms with Gasteiger partial charge in [0.2, 0.25) is 5.82 Å². The minimum absolute atomic E-state index is 0.0888. The van der Waals surface area contributed by atoms with Gasteiger partial charge < -0.3 is 19.3 Å². The van der Waals surface area contributed by atoms with E-state index in [1.807, 2.05) is 48.9 Å². The van der Waals surface area contributed by atoms with Crippen molar-refractivity contribution in [2.24, 2.45) is 0 Å². The number of nitrogens with zero attached hydrogens (tertiary/aromatic N) is 5. The van der Waals surface area contributed by atoms with Gasteiger partial charge in [0.1, 0.15) is 5.75 Å². The molecule has 4 aromatic rings. The Balaban J connectivity index is 1.70. The number of ether oxygens (including phenoxy) is 1. The van der Waals surface area contributed by atoms with Gasteiger partial charge in [-0.05, 0) is 48.8 Å². The number of phenols is 1. The molecule has 0 unspecified atom stereocenters. The van der Waals surface area contributed by atoms with Gasteiger partial charge in [-0.2, -0.15) is 14.5 Å². The zero-order valence-corrected chi connectivity index (χ0v) is 18.7. The van der Waals surface area contributed by atoms with Crippen molar-refractivity contribution < 1.29 is 27.5 Å². The smallest absolute Gasteiger partial charge is 0.267 e. The van der Waals surface area contributed by atoms with Gasteiger partial charge in [0.25, 0.3) is 11.8 Å². The largest absolute Gasteiger partial charge is 0.503 e. The first kappa shape index (κ1) is 23.1. The van der Waals surface area contributed by atoms with Crippen molar-refractivity contribution in [2.75, 3.05) is 12.0 Å². The Hall–Kier alpha value is -4.02. The number of hydrogen-bond acceptors (Lipinski definition) is 7. The molecule has 0 saturated heterocycles. The zero-order valence-electron chi connectivity index (χ0n) is 18.7. The van der Waals surface area contributed by atoms with E-state index >= 15 is 0 Å². The van der Waals surface area contributed by atoms with Crippen molar-refractivity contribution in [1.29, 1.82) is 0 Å². The summed E-state index contributed by atoms with van der Waals surface area (Å²) in [4.78, 5) is 5.96. The van der Waals surface area contributed by atoms with Gasteiger partial charge in [-0.15, -0.1) is 0 Å². The molecule has 4 rings (SSSR count). The van der Waals surface area contributed by atoms with E-state index in [0.717, 1.165) is 11.3 Å². The van der Waals surface area contributed by atoms with Crippen LogP contribution in [-0.2, 0) is 13.1 Å². The van der Waals surface area contributed by atoms with Crippen molar-refractivity contribution in [3.63, 3.8) is 0 Å². The highest BCUT2D eigenvalue weighted by atomic mass is 19.2. The normalized spacial score (nSPS) is 11.3. The molecule has 0 aliphatic carbocycles. The highest BCUT2D eigenvalue weighted by Gasteiger charge is 2.25. The highest BCUT2D eigenvalue weighted by Crippen LogP contribution is 2.33. The van der Waals surface area contributed by atoms with Crippen LogP contribution >= 0.6 is 0 Å². The average Bonchev–Trinajstić information content (AvgIpc) is 3.50. The van der Waals surface area contributed by atoms with Crippen molar-refractivity contribution in [3.05, 3.63) is 71.3 Å². The maximum absolute atomic E-state index is 14.4. The maximum Gasteiger partial charge on any atom is 0.267 e. The number of halogens is 3. The molecule has 1 N–H and O–H groups in total. The topological polar surface area (TPSA) is 89.4 Å². The lowest BCUT2D eigenvalue weighted by atomic mass is 10.2. The molecule has 0 atom stereocenters. The Kier molecular flexibility index (Phi) is 6.44. The van der Waals surface area contributed by atoms with E-state index in [4.69, 9.17) is 9.26 Å². The number of aromatic nitrogens is 4. The van der Waals surface area contributed by atoms with Crippen molar-refractivity contribution in [1.82, 2.24) is 19.9 Å². The standard InChI is InChI=1S/C23H22F3N5O3/c1-13(2)31-15(8-9-27-31)12-30(11-14-4-6-16(33-3)7-5-14)23-28-22(34-29-23)17-10-18(24)20(26)21(32)19(17)25/h4-10,13,32H,11-12H2,1-3H3. The van der Waals surface area contributed by atoms with Crippen LogP contribution in [0.15, 0.2) is 47.1 Å². The molecule has 0 amide bonds. The van der Waals surface area contributed by atoms with E-state index in [-0.39, 0.29) is 12.0 Å². The lowest BCUT2D eigenvalue weighted by Gasteiger charge is -2.22. The molecule has 2 aromatic carbocycles. The fourth-order valence-electron chi connectivity index (χ4n) is 3.48. The summed E-state index contributed by atoms with van der Waals surface area (Å²) in [5.74, 6) is -5.60. The summed E-state index contributed by atoms with van der Waals surface area (Å²) in [6.07, 6.45) is 1.68. The first-order valence-corrected chi connectivity index (χ1v) is 10.4. The number of rotatable bonds is 8. The molecule has 8 nitrogen and oxygen atoms in total. The van der Waals surface area contributed by atoms with E-state index in [1.54, 1.807) is 18.2 Å². The Morgan fingerprint density at radius 2 is 1.82 bits per heavy atom. The van der Waals surface area contributed by atoms with Gasteiger partial charge in [-0.1, -0.05) is 12.1 Å². The van der Waals surface area contributed by atoms with Gasteiger partial charge in [-0.25, -0.2) is 8.78 Å². The summed E-state index contributed by atoms with van der Waals surface area (Å²) in [5, 5.41) is 17.8. The van der Waals surface area contributed by atoms with Gasteiger partial charge in [0.15, 0.2) is 17.4 Å². The van der Waals surface area contributed by atoms with Crippen molar-refractivity contribution >= 4 is 5.95 Å². The van der Waals surface area contributed by atoms with Crippen LogP contribution < -0.4 is 9.64 Å². The van der Waals surface area contributed by atoms with Crippen molar-refractivity contribution in [2.45, 2.75) is 33.0 Å². The Bertz CT molecular complexity index is 1290. The first-order chi connectivity index (χ1) is 16.3. The molecule has 2 aromatic heterocycles. The quantitative estimate of drug-likeness (QED) is 0.366. The molecule has 0 saturated carbocycles. The summed E-state index contributed by atoms with van der Waals surface area (Å²) >= 11 is 0. The van der Waals surface area contributed by atoms with Gasteiger partial charge in [0, 0.05) is 18.8 Å². The molecule has 178 valence electrons. The van der Waals surface area contributed by atoms with Crippen LogP contribution in [0, 0.1) is 17.5 Å². The second kappa shape index (κ2) is 9.46. The summed E-state index contributed by atoms with van der Waals surface area (Å²) in [6, 6.07) is 9.89. The van der Waals surface area contributed by atoms with Crippen LogP contribution in [0.2, 0.25) is 0 Å². The lowest BCUT2D eigenvalue weighted by molar-refractivity contribution is 0.374. The molecule has 0 bridgehead atoms. The summed E-state index contributed by atoms with van der Waals surface area (Å²) in [5.41, 5.74) is 1.22. The van der Waals surface area contributed by atoms with E-state index in [2.05, 4.69) is 15.2 Å². The average molecular weight is 473 g/mol. The van der Waals surface area contributed by atoms with Crippen LogP contribution in [-0.4, -0.2) is 32.1 Å². The zero-order chi connectivity index (χ0) is 24.4. The predicted octanol–water partition coefficient (Wildman–Crippen LogP) is 4.85. The van der Waals surface area contributed by atoms with Crippen LogP contribution in [0.4, 0.5) is 19.1 Å². The number of benzene rings is 2. The summed E-state index contributed by atoms with van der Waals surface area (Å²) in [7, 11) is 1.57. The van der Waals surface area contributed by atoms with Gasteiger partial charge in [-0.3, -0.25) is 4.68 Å². The second-order valence-electron chi connectivity index (χ2n) is 7.85. The minimum Gasteiger partial charge on any atom is -0.503 e. The fourth-order valence-corrected chi connectivity index (χ4v) is 3.48. The van der Waals surface area contributed by atoms with Crippen LogP contribution in [0.1, 0.15) is 31.1 Å². The first-order valence-electron chi connectivity index (χ1n) is 10.4. The predicted molar refractivity (Wildman–Crippen MR) is 117 cm³/mol. The third-order valence-electron chi connectivity index (χ3n) is 5.19. The molecule has 11 heteroatoms. The van der Waals surface area contributed by atoms with E-state index in [9.17, 15) is 18.3 Å². The van der Waals surface area contributed by atoms with E-state index in [0.29, 0.717) is 24.9 Å². The number of hydrogen-bond donors (Lipinski definition) is 1. The molecular weight excluding hydrogens is 451 g/mol. The molecule has 0 aliphatic heterocycles. The van der Waals surface area contributed by atoms with Crippen LogP contribution in [0.5, 0.6) is 11.5 Å². The lowest BCUT2D eigenvalue weighted by Crippen LogP contribution is -2.25. The number of anilines is 1. The summed E-state index contributed by atoms with van der Waals surface area (Å²) in [6.45, 7) is 4.66. The number of phenolic OH excluding ortho intramolecular Hbond substituents is 1. The molecule has 34 heavy (non-hydrogen) atoms. The maximum atomic E-state index is 14.4. The molecular formula is C23H22F3N5O3. The molecule has 0 radical (unpaired) electrons. The van der Waals surface area contributed by atoms with Gasteiger partial charge in [0.05, 0.1) is 24.9 Å². The Labute approximate surface area is 193 Å². The monoisotopic (exact) mass is 473 g/mol. The SMILES string of the molecule is COc1ccc(CN(Cc2ccnn2C(C)C)c2noc(-c3cc(F)c(F)c(O)c3F)n2)cc1. The van der Waals surface area contributed by atoms with Crippen LogP contribution in [0.25, 0.3) is 11.5 Å². The number of methoxy groups -OCH3 is 1. The summed E-state index contributed by atoms with van der Waals surface area (Å²) < 4.78 is 53.8. The third-order valence-corrected chi connectivity index (χ3v) is 5.19. The molecule has 0 spiro atoms. The van der Waals surface area contributed by atoms with Crippen LogP contribution in [0.3, 0.4) is 0 Å². The van der Waals surface area contributed by atoms with E-state index in [1.165, 1.54) is 0 Å². The highest BCUT2D eigenvalue weighted by molar-refractivity contribution is 5.59. The van der Waals surface area contributed by atoms with Gasteiger partial charge >= 0.3 is 0 Å². The van der Waals surface area contributed by atoms with E-state index < -0.39 is 34.7 Å². The Morgan fingerprint density at radius 3 is 2.50 bits per heavy atom. The second-order valence-corrected chi connectivity index (χ2v) is 7.85. The molecule has 0 fully saturated rings. The number of aromatic hydroxyl groups is 1.